The van der Waals surface area contributed by atoms with Gasteiger partial charge in [-0.2, -0.15) is 9.97 Å². The quantitative estimate of drug-likeness (QED) is 0.517. The maximum Gasteiger partial charge on any atom is 0.232 e. The third-order valence-corrected chi connectivity index (χ3v) is 8.34. The Morgan fingerprint density at radius 3 is 2.43 bits per heavy atom. The van der Waals surface area contributed by atoms with E-state index in [4.69, 9.17) is 26.9 Å². The molecule has 9 heteroatoms. The molecule has 2 aromatic rings. The minimum absolute atomic E-state index is 0.0523. The van der Waals surface area contributed by atoms with Crippen molar-refractivity contribution in [1.82, 2.24) is 15.3 Å². The molecule has 1 atom stereocenters. The van der Waals surface area contributed by atoms with E-state index in [2.05, 4.69) is 33.4 Å². The molecule has 37 heavy (non-hydrogen) atoms. The zero-order valence-electron chi connectivity index (χ0n) is 21.8. The van der Waals surface area contributed by atoms with E-state index < -0.39 is 0 Å². The molecule has 2 N–H and O–H groups in total. The molecule has 1 aromatic heterocycles. The standard InChI is InChI=1S/C28H39FN6OS/c1-21-6-5-13-35(19-21)25-18-24(34-14-16-36-17-15-34)31-26(32-25)33-27(37)30-20-28(11-3-2-4-12-28)22-7-9-23(29)10-8-22/h7-10,18,21H,2-6,11-17,19-20H2,1H3,(H2,30,31,32,33,37)/t21-/m1/s1. The predicted octanol–water partition coefficient (Wildman–Crippen LogP) is 4.88. The SMILES string of the molecule is C[C@@H]1CCCN(c2cc(N3CCOCC3)nc(NC(=S)NCC3(c4ccc(F)cc4)CCCCC3)n2)C1. The van der Waals surface area contributed by atoms with Crippen LogP contribution in [0.3, 0.4) is 0 Å². The zero-order valence-corrected chi connectivity index (χ0v) is 22.7. The van der Waals surface area contributed by atoms with Crippen molar-refractivity contribution >= 4 is 34.9 Å². The van der Waals surface area contributed by atoms with E-state index in [1.807, 2.05) is 12.1 Å². The molecular formula is C28H39FN6OS. The van der Waals surface area contributed by atoms with Crippen molar-refractivity contribution in [3.05, 3.63) is 41.7 Å². The van der Waals surface area contributed by atoms with E-state index >= 15 is 0 Å². The lowest BCUT2D eigenvalue weighted by Gasteiger charge is -2.38. The average molecular weight is 527 g/mol. The molecule has 7 nitrogen and oxygen atoms in total. The van der Waals surface area contributed by atoms with Crippen molar-refractivity contribution in [1.29, 1.82) is 0 Å². The fraction of sp³-hybridized carbons (Fsp3) is 0.607. The number of hydrogen-bond donors (Lipinski definition) is 2. The third kappa shape index (κ3) is 6.49. The number of hydrogen-bond acceptors (Lipinski definition) is 6. The summed E-state index contributed by atoms with van der Waals surface area (Å²) in [6, 6.07) is 9.10. The second-order valence-corrected chi connectivity index (χ2v) is 11.3. The van der Waals surface area contributed by atoms with Crippen molar-refractivity contribution in [3.63, 3.8) is 0 Å². The fourth-order valence-electron chi connectivity index (χ4n) is 5.99. The van der Waals surface area contributed by atoms with E-state index in [9.17, 15) is 4.39 Å². The van der Waals surface area contributed by atoms with Crippen molar-refractivity contribution in [2.75, 3.05) is 61.1 Å². The van der Waals surface area contributed by atoms with Crippen LogP contribution in [0.2, 0.25) is 0 Å². The number of piperidine rings is 1. The molecule has 1 aliphatic carbocycles. The van der Waals surface area contributed by atoms with Crippen LogP contribution in [-0.4, -0.2) is 61.0 Å². The topological polar surface area (TPSA) is 65.6 Å². The van der Waals surface area contributed by atoms with Gasteiger partial charge >= 0.3 is 0 Å². The largest absolute Gasteiger partial charge is 0.378 e. The van der Waals surface area contributed by atoms with Crippen LogP contribution in [0.5, 0.6) is 0 Å². The lowest BCUT2D eigenvalue weighted by atomic mass is 9.69. The van der Waals surface area contributed by atoms with Gasteiger partial charge in [0.1, 0.15) is 17.5 Å². The van der Waals surface area contributed by atoms with Gasteiger partial charge in [0.25, 0.3) is 0 Å². The van der Waals surface area contributed by atoms with Crippen LogP contribution in [-0.2, 0) is 10.2 Å². The molecule has 0 amide bonds. The number of nitrogens with zero attached hydrogens (tertiary/aromatic N) is 4. The Labute approximate surface area is 225 Å². The Balaban J connectivity index is 1.32. The number of morpholine rings is 1. The Hall–Kier alpha value is -2.52. The maximum atomic E-state index is 13.6. The number of ether oxygens (including phenoxy) is 1. The molecule has 5 rings (SSSR count). The van der Waals surface area contributed by atoms with Crippen molar-refractivity contribution in [2.45, 2.75) is 57.3 Å². The summed E-state index contributed by atoms with van der Waals surface area (Å²) in [5, 5.41) is 7.26. The highest BCUT2D eigenvalue weighted by Gasteiger charge is 2.34. The minimum Gasteiger partial charge on any atom is -0.378 e. The van der Waals surface area contributed by atoms with Gasteiger partial charge in [0.2, 0.25) is 5.95 Å². The summed E-state index contributed by atoms with van der Waals surface area (Å²) < 4.78 is 19.2. The highest BCUT2D eigenvalue weighted by molar-refractivity contribution is 7.80. The Bertz CT molecular complexity index is 1060. The van der Waals surface area contributed by atoms with Gasteiger partial charge in [0, 0.05) is 44.2 Å². The third-order valence-electron chi connectivity index (χ3n) is 8.10. The number of thiocarbonyl (C=S) groups is 1. The van der Waals surface area contributed by atoms with E-state index in [0.29, 0.717) is 36.7 Å². The van der Waals surface area contributed by atoms with Crippen LogP contribution >= 0.6 is 12.2 Å². The molecule has 0 spiro atoms. The first-order valence-corrected chi connectivity index (χ1v) is 14.2. The average Bonchev–Trinajstić information content (AvgIpc) is 2.93. The van der Waals surface area contributed by atoms with E-state index in [1.165, 1.54) is 37.7 Å². The zero-order chi connectivity index (χ0) is 25.7. The van der Waals surface area contributed by atoms with Gasteiger partial charge in [0.05, 0.1) is 13.2 Å². The van der Waals surface area contributed by atoms with Gasteiger partial charge in [-0.1, -0.05) is 38.3 Å². The second-order valence-electron chi connectivity index (χ2n) is 10.9. The predicted molar refractivity (Wildman–Crippen MR) is 151 cm³/mol. The molecular weight excluding hydrogens is 487 g/mol. The summed E-state index contributed by atoms with van der Waals surface area (Å²) in [6.45, 7) is 8.04. The molecule has 3 heterocycles. The summed E-state index contributed by atoms with van der Waals surface area (Å²) in [6.07, 6.45) is 8.14. The lowest BCUT2D eigenvalue weighted by molar-refractivity contribution is 0.122. The summed E-state index contributed by atoms with van der Waals surface area (Å²) in [7, 11) is 0. The van der Waals surface area contributed by atoms with Gasteiger partial charge in [0.15, 0.2) is 5.11 Å². The molecule has 1 aromatic carbocycles. The summed E-state index contributed by atoms with van der Waals surface area (Å²) in [5.41, 5.74) is 1.12. The Kier molecular flexibility index (Phi) is 8.39. The highest BCUT2D eigenvalue weighted by atomic mass is 32.1. The van der Waals surface area contributed by atoms with Crippen molar-refractivity contribution < 1.29 is 9.13 Å². The maximum absolute atomic E-state index is 13.6. The Morgan fingerprint density at radius 1 is 1.03 bits per heavy atom. The fourth-order valence-corrected chi connectivity index (χ4v) is 6.15. The lowest BCUT2D eigenvalue weighted by Crippen LogP contribution is -2.44. The monoisotopic (exact) mass is 526 g/mol. The first kappa shape index (κ1) is 26.1. The van der Waals surface area contributed by atoms with Crippen molar-refractivity contribution in [3.8, 4) is 0 Å². The van der Waals surface area contributed by atoms with E-state index in [1.54, 1.807) is 12.1 Å². The number of aromatic nitrogens is 2. The highest BCUT2D eigenvalue weighted by Crippen LogP contribution is 2.39. The molecule has 3 fully saturated rings. The molecule has 2 saturated heterocycles. The first-order chi connectivity index (χ1) is 18.0. The van der Waals surface area contributed by atoms with Gasteiger partial charge in [-0.05, 0) is 61.5 Å². The molecule has 200 valence electrons. The number of halogens is 1. The van der Waals surface area contributed by atoms with Crippen LogP contribution < -0.4 is 20.4 Å². The van der Waals surface area contributed by atoms with Crippen molar-refractivity contribution in [2.24, 2.45) is 5.92 Å². The van der Waals surface area contributed by atoms with E-state index in [-0.39, 0.29) is 11.2 Å². The number of benzene rings is 1. The molecule has 1 saturated carbocycles. The van der Waals surface area contributed by atoms with Crippen LogP contribution in [0.15, 0.2) is 30.3 Å². The van der Waals surface area contributed by atoms with Crippen LogP contribution in [0, 0.1) is 11.7 Å². The molecule has 3 aliphatic rings. The number of rotatable bonds is 6. The normalized spacial score (nSPS) is 21.9. The number of nitrogens with one attached hydrogen (secondary N) is 2. The first-order valence-electron chi connectivity index (χ1n) is 13.8. The molecule has 2 aliphatic heterocycles. The van der Waals surface area contributed by atoms with Crippen LogP contribution in [0.1, 0.15) is 57.4 Å². The van der Waals surface area contributed by atoms with E-state index in [0.717, 1.165) is 50.7 Å². The second kappa shape index (κ2) is 11.9. The number of anilines is 3. The van der Waals surface area contributed by atoms with Gasteiger partial charge in [-0.3, -0.25) is 0 Å². The molecule has 0 bridgehead atoms. The Morgan fingerprint density at radius 2 is 1.73 bits per heavy atom. The van der Waals surface area contributed by atoms with Crippen LogP contribution in [0.25, 0.3) is 0 Å². The van der Waals surface area contributed by atoms with Gasteiger partial charge < -0.3 is 25.2 Å². The van der Waals surface area contributed by atoms with Gasteiger partial charge in [-0.15, -0.1) is 0 Å². The molecule has 0 radical (unpaired) electrons. The van der Waals surface area contributed by atoms with Crippen LogP contribution in [0.4, 0.5) is 22.0 Å². The summed E-state index contributed by atoms with van der Waals surface area (Å²) in [4.78, 5) is 14.4. The molecule has 0 unspecified atom stereocenters. The van der Waals surface area contributed by atoms with Gasteiger partial charge in [-0.25, -0.2) is 4.39 Å². The summed E-state index contributed by atoms with van der Waals surface area (Å²) in [5.74, 6) is 2.83. The summed E-state index contributed by atoms with van der Waals surface area (Å²) >= 11 is 5.73. The minimum atomic E-state index is -0.198. The smallest absolute Gasteiger partial charge is 0.232 e.